The Labute approximate surface area is 87.3 Å². The van der Waals surface area contributed by atoms with Crippen molar-refractivity contribution in [3.8, 4) is 0 Å². The van der Waals surface area contributed by atoms with Crippen molar-refractivity contribution in [3.63, 3.8) is 0 Å². The van der Waals surface area contributed by atoms with E-state index in [4.69, 9.17) is 0 Å². The van der Waals surface area contributed by atoms with Gasteiger partial charge >= 0.3 is 86.7 Å². The van der Waals surface area contributed by atoms with Crippen LogP contribution in [0.4, 0.5) is 0 Å². The molecule has 0 aliphatic rings. The third kappa shape index (κ3) is 4.22. The third-order valence-electron chi connectivity index (χ3n) is 2.78. The first kappa shape index (κ1) is 14.3. The summed E-state index contributed by atoms with van der Waals surface area (Å²) in [5.41, 5.74) is -0.322. The van der Waals surface area contributed by atoms with Crippen LogP contribution in [0.3, 0.4) is 0 Å². The van der Waals surface area contributed by atoms with Crippen LogP contribution in [-0.2, 0) is 0 Å². The summed E-state index contributed by atoms with van der Waals surface area (Å²) in [7, 11) is -4.34. The van der Waals surface area contributed by atoms with E-state index in [-0.39, 0.29) is 11.8 Å². The topological polar surface area (TPSA) is 60.7 Å². The molecular weight excluding hydrogens is 199 g/mol. The Morgan fingerprint density at radius 2 is 1.57 bits per heavy atom. The fraction of sp³-hybridized carbons (Fsp3) is 1.00. The molecule has 0 aliphatic carbocycles. The monoisotopic (exact) mass is 224 g/mol. The standard InChI is InChI=1S/C10H25O3P/c1-4-7-9-14(11,12,13)10(6-3)8-5-2/h10-13H,4-9H2,1-3H3. The molecule has 1 unspecified atom stereocenters. The maximum atomic E-state index is 9.94. The Morgan fingerprint density at radius 3 is 1.93 bits per heavy atom. The molecule has 0 aromatic rings. The van der Waals surface area contributed by atoms with Crippen molar-refractivity contribution < 1.29 is 14.7 Å². The van der Waals surface area contributed by atoms with Crippen molar-refractivity contribution in [2.45, 2.75) is 58.5 Å². The van der Waals surface area contributed by atoms with Gasteiger partial charge in [-0.15, -0.1) is 0 Å². The van der Waals surface area contributed by atoms with E-state index in [1.165, 1.54) is 0 Å². The van der Waals surface area contributed by atoms with Crippen molar-refractivity contribution >= 4 is 7.28 Å². The van der Waals surface area contributed by atoms with Gasteiger partial charge in [0.1, 0.15) is 0 Å². The summed E-state index contributed by atoms with van der Waals surface area (Å²) in [5.74, 6) is 0. The molecule has 0 spiro atoms. The average molecular weight is 224 g/mol. The SMILES string of the molecule is CCCCP(O)(O)(O)C(CC)CCC. The first-order valence-corrected chi connectivity index (χ1v) is 7.96. The minimum atomic E-state index is -4.34. The van der Waals surface area contributed by atoms with Gasteiger partial charge in [0.15, 0.2) is 0 Å². The number of rotatable bonds is 7. The molecule has 4 heteroatoms. The minimum absolute atomic E-state index is 0.167. The molecule has 0 rings (SSSR count). The molecule has 0 radical (unpaired) electrons. The van der Waals surface area contributed by atoms with Crippen LogP contribution >= 0.6 is 7.28 Å². The van der Waals surface area contributed by atoms with Crippen LogP contribution in [0.2, 0.25) is 0 Å². The normalized spacial score (nSPS) is 17.4. The van der Waals surface area contributed by atoms with Gasteiger partial charge in [0.05, 0.1) is 0 Å². The maximum absolute atomic E-state index is 9.94. The molecule has 14 heavy (non-hydrogen) atoms. The first-order valence-electron chi connectivity index (χ1n) is 5.61. The van der Waals surface area contributed by atoms with Gasteiger partial charge in [0.2, 0.25) is 0 Å². The Kier molecular flexibility index (Phi) is 5.53. The van der Waals surface area contributed by atoms with Gasteiger partial charge in [-0.25, -0.2) is 0 Å². The molecule has 3 nitrogen and oxygen atoms in total. The fourth-order valence-electron chi connectivity index (χ4n) is 1.82. The van der Waals surface area contributed by atoms with Gasteiger partial charge in [-0.2, -0.15) is 0 Å². The number of hydrogen-bond donors (Lipinski definition) is 3. The molecule has 88 valence electrons. The van der Waals surface area contributed by atoms with Crippen molar-refractivity contribution in [1.29, 1.82) is 0 Å². The van der Waals surface area contributed by atoms with E-state index in [0.717, 1.165) is 12.8 Å². The summed E-state index contributed by atoms with van der Waals surface area (Å²) in [6, 6.07) is 0. The van der Waals surface area contributed by atoms with Crippen LogP contribution in [0.5, 0.6) is 0 Å². The third-order valence-corrected chi connectivity index (χ3v) is 6.08. The quantitative estimate of drug-likeness (QED) is 0.582. The van der Waals surface area contributed by atoms with Crippen LogP contribution in [0, 0.1) is 0 Å². The average Bonchev–Trinajstić information content (AvgIpc) is 2.10. The Morgan fingerprint density at radius 1 is 1.00 bits per heavy atom. The number of unbranched alkanes of at least 4 members (excludes halogenated alkanes) is 1. The van der Waals surface area contributed by atoms with E-state index in [2.05, 4.69) is 0 Å². The van der Waals surface area contributed by atoms with Crippen molar-refractivity contribution in [2.24, 2.45) is 0 Å². The Balaban J connectivity index is 4.47. The zero-order valence-electron chi connectivity index (χ0n) is 9.61. The van der Waals surface area contributed by atoms with E-state index >= 15 is 0 Å². The van der Waals surface area contributed by atoms with Crippen LogP contribution < -0.4 is 0 Å². The van der Waals surface area contributed by atoms with Crippen LogP contribution in [0.1, 0.15) is 52.9 Å². The molecule has 0 saturated heterocycles. The van der Waals surface area contributed by atoms with Gasteiger partial charge in [-0.3, -0.25) is 0 Å². The summed E-state index contributed by atoms with van der Waals surface area (Å²) in [6.45, 7) is 5.87. The zero-order valence-corrected chi connectivity index (χ0v) is 10.5. The molecule has 0 fully saturated rings. The molecule has 0 bridgehead atoms. The van der Waals surface area contributed by atoms with Gasteiger partial charge in [-0.1, -0.05) is 0 Å². The van der Waals surface area contributed by atoms with Crippen LogP contribution in [0.15, 0.2) is 0 Å². The summed E-state index contributed by atoms with van der Waals surface area (Å²) >= 11 is 0. The van der Waals surface area contributed by atoms with Crippen LogP contribution in [0.25, 0.3) is 0 Å². The molecule has 0 aromatic carbocycles. The molecule has 0 heterocycles. The predicted molar refractivity (Wildman–Crippen MR) is 62.3 cm³/mol. The summed E-state index contributed by atoms with van der Waals surface area (Å²) in [5, 5.41) is 0. The second-order valence-electron chi connectivity index (χ2n) is 4.15. The Bertz CT molecular complexity index is 162. The van der Waals surface area contributed by atoms with Crippen LogP contribution in [-0.4, -0.2) is 26.5 Å². The predicted octanol–water partition coefficient (Wildman–Crippen LogP) is 2.64. The van der Waals surface area contributed by atoms with Gasteiger partial charge in [-0.05, 0) is 0 Å². The second-order valence-corrected chi connectivity index (χ2v) is 7.77. The Hall–Kier alpha value is 0.310. The molecule has 0 aromatic heterocycles. The van der Waals surface area contributed by atoms with E-state index in [9.17, 15) is 14.7 Å². The van der Waals surface area contributed by atoms with Gasteiger partial charge < -0.3 is 0 Å². The number of hydrogen-bond acceptors (Lipinski definition) is 3. The molecule has 0 amide bonds. The van der Waals surface area contributed by atoms with Crippen molar-refractivity contribution in [1.82, 2.24) is 0 Å². The van der Waals surface area contributed by atoms with Gasteiger partial charge in [0.25, 0.3) is 0 Å². The molecular formula is C10H25O3P. The van der Waals surface area contributed by atoms with E-state index in [1.54, 1.807) is 0 Å². The summed E-state index contributed by atoms with van der Waals surface area (Å²) in [4.78, 5) is 29.8. The first-order chi connectivity index (χ1) is 6.35. The van der Waals surface area contributed by atoms with E-state index in [0.29, 0.717) is 19.3 Å². The summed E-state index contributed by atoms with van der Waals surface area (Å²) in [6.07, 6.45) is 3.94. The van der Waals surface area contributed by atoms with Crippen molar-refractivity contribution in [2.75, 3.05) is 6.16 Å². The van der Waals surface area contributed by atoms with Crippen molar-refractivity contribution in [3.05, 3.63) is 0 Å². The second kappa shape index (κ2) is 5.41. The van der Waals surface area contributed by atoms with E-state index < -0.39 is 7.28 Å². The fourth-order valence-corrected chi connectivity index (χ4v) is 4.64. The molecule has 0 aliphatic heterocycles. The zero-order chi connectivity index (χ0) is 11.3. The summed E-state index contributed by atoms with van der Waals surface area (Å²) < 4.78 is 0. The molecule has 0 saturated carbocycles. The van der Waals surface area contributed by atoms with E-state index in [1.807, 2.05) is 20.8 Å². The molecule has 1 atom stereocenters. The molecule has 3 N–H and O–H groups in total. The van der Waals surface area contributed by atoms with Gasteiger partial charge in [0, 0.05) is 0 Å².